The van der Waals surface area contributed by atoms with Gasteiger partial charge >= 0.3 is 11.9 Å². The first-order chi connectivity index (χ1) is 16.5. The Bertz CT molecular complexity index is 1310. The molecule has 7 nitrogen and oxygen atoms in total. The maximum absolute atomic E-state index is 12.8. The number of aryl methyl sites for hydroxylation is 1. The Hall–Kier alpha value is -4.39. The summed E-state index contributed by atoms with van der Waals surface area (Å²) < 4.78 is 17.4. The van der Waals surface area contributed by atoms with Crippen LogP contribution < -0.4 is 4.74 Å². The molecular formula is C27H24N2O5. The second kappa shape index (κ2) is 10.0. The molecule has 0 saturated carbocycles. The maximum atomic E-state index is 12.8. The lowest BCUT2D eigenvalue weighted by atomic mass is 10.0. The summed E-state index contributed by atoms with van der Waals surface area (Å²) in [7, 11) is 2.52. The van der Waals surface area contributed by atoms with Crippen LogP contribution in [0.4, 0.5) is 0 Å². The number of carbonyl (C=O) groups is 2. The van der Waals surface area contributed by atoms with Gasteiger partial charge in [0, 0.05) is 5.56 Å². The van der Waals surface area contributed by atoms with Gasteiger partial charge in [-0.1, -0.05) is 48.5 Å². The first-order valence-electron chi connectivity index (χ1n) is 10.7. The van der Waals surface area contributed by atoms with Crippen molar-refractivity contribution in [3.63, 3.8) is 0 Å². The average Bonchev–Trinajstić information content (AvgIpc) is 3.29. The van der Waals surface area contributed by atoms with E-state index < -0.39 is 11.9 Å². The van der Waals surface area contributed by atoms with Gasteiger partial charge in [0.25, 0.3) is 0 Å². The van der Waals surface area contributed by atoms with E-state index in [9.17, 15) is 9.59 Å². The summed E-state index contributed by atoms with van der Waals surface area (Å²) in [6, 6.07) is 24.4. The van der Waals surface area contributed by atoms with Gasteiger partial charge in [0.05, 0.1) is 19.9 Å². The van der Waals surface area contributed by atoms with Gasteiger partial charge in [0.2, 0.25) is 0 Å². The fourth-order valence-electron chi connectivity index (χ4n) is 3.65. The minimum atomic E-state index is -0.692. The van der Waals surface area contributed by atoms with Crippen molar-refractivity contribution in [2.75, 3.05) is 14.2 Å². The molecule has 0 saturated heterocycles. The molecule has 34 heavy (non-hydrogen) atoms. The van der Waals surface area contributed by atoms with Crippen LogP contribution in [0.2, 0.25) is 0 Å². The fourth-order valence-corrected chi connectivity index (χ4v) is 3.65. The number of hydrogen-bond donors (Lipinski definition) is 0. The van der Waals surface area contributed by atoms with Gasteiger partial charge in [0.1, 0.15) is 23.6 Å². The van der Waals surface area contributed by atoms with Gasteiger partial charge in [-0.3, -0.25) is 0 Å². The van der Waals surface area contributed by atoms with E-state index in [1.54, 1.807) is 18.2 Å². The highest BCUT2D eigenvalue weighted by Gasteiger charge is 2.31. The predicted molar refractivity (Wildman–Crippen MR) is 127 cm³/mol. The molecule has 0 aliphatic carbocycles. The smallest absolute Gasteiger partial charge is 0.357 e. The summed E-state index contributed by atoms with van der Waals surface area (Å²) in [5.41, 5.74) is 3.52. The third-order valence-electron chi connectivity index (χ3n) is 5.34. The van der Waals surface area contributed by atoms with E-state index in [1.165, 1.54) is 18.9 Å². The van der Waals surface area contributed by atoms with E-state index in [0.717, 1.165) is 11.1 Å². The highest BCUT2D eigenvalue weighted by molar-refractivity contribution is 6.06. The summed E-state index contributed by atoms with van der Waals surface area (Å²) in [5.74, 6) is -0.662. The minimum Gasteiger partial charge on any atom is -0.489 e. The minimum absolute atomic E-state index is 0.00222. The van der Waals surface area contributed by atoms with E-state index in [2.05, 4.69) is 5.10 Å². The Morgan fingerprint density at radius 1 is 0.853 bits per heavy atom. The fraction of sp³-hybridized carbons (Fsp3) is 0.148. The van der Waals surface area contributed by atoms with Crippen molar-refractivity contribution in [3.8, 4) is 22.7 Å². The molecule has 0 aliphatic heterocycles. The number of aromatic nitrogens is 2. The van der Waals surface area contributed by atoms with Gasteiger partial charge in [-0.25, -0.2) is 14.3 Å². The van der Waals surface area contributed by atoms with E-state index in [0.29, 0.717) is 29.3 Å². The first-order valence-corrected chi connectivity index (χ1v) is 10.7. The lowest BCUT2D eigenvalue weighted by molar-refractivity contribution is 0.0549. The lowest BCUT2D eigenvalue weighted by Gasteiger charge is -2.11. The Kier molecular flexibility index (Phi) is 6.73. The van der Waals surface area contributed by atoms with Crippen molar-refractivity contribution in [3.05, 3.63) is 101 Å². The van der Waals surface area contributed by atoms with E-state index in [4.69, 9.17) is 14.2 Å². The maximum Gasteiger partial charge on any atom is 0.357 e. The molecule has 0 radical (unpaired) electrons. The van der Waals surface area contributed by atoms with Gasteiger partial charge in [-0.05, 0) is 48.4 Å². The molecule has 0 bridgehead atoms. The average molecular weight is 456 g/mol. The highest BCUT2D eigenvalue weighted by atomic mass is 16.5. The number of benzene rings is 3. The molecule has 3 aromatic carbocycles. The summed E-state index contributed by atoms with van der Waals surface area (Å²) in [4.78, 5) is 25.5. The molecule has 0 spiro atoms. The third kappa shape index (κ3) is 4.54. The summed E-state index contributed by atoms with van der Waals surface area (Å²) in [5, 5.41) is 4.63. The molecule has 0 unspecified atom stereocenters. The molecule has 0 aliphatic rings. The first kappa shape index (κ1) is 22.8. The molecule has 1 aromatic heterocycles. The van der Waals surface area contributed by atoms with Crippen molar-refractivity contribution in [1.82, 2.24) is 9.78 Å². The van der Waals surface area contributed by atoms with Gasteiger partial charge < -0.3 is 14.2 Å². The van der Waals surface area contributed by atoms with Crippen molar-refractivity contribution >= 4 is 11.9 Å². The number of methoxy groups -OCH3 is 2. The lowest BCUT2D eigenvalue weighted by Crippen LogP contribution is -2.15. The zero-order valence-corrected chi connectivity index (χ0v) is 19.1. The molecule has 0 N–H and O–H groups in total. The SMILES string of the molecule is COC(=O)c1c(-c2ccc(OCc3ccccc3)c(C)c2)nn(-c2ccccc2)c1C(=O)OC. The second-order valence-electron chi connectivity index (χ2n) is 7.56. The number of para-hydroxylation sites is 1. The second-order valence-corrected chi connectivity index (χ2v) is 7.56. The van der Waals surface area contributed by atoms with Gasteiger partial charge in [0.15, 0.2) is 5.69 Å². The monoisotopic (exact) mass is 456 g/mol. The van der Waals surface area contributed by atoms with Crippen molar-refractivity contribution < 1.29 is 23.8 Å². The van der Waals surface area contributed by atoms with Gasteiger partial charge in [-0.2, -0.15) is 5.10 Å². The molecule has 4 rings (SSSR count). The molecular weight excluding hydrogens is 432 g/mol. The number of esters is 2. The van der Waals surface area contributed by atoms with Gasteiger partial charge in [-0.15, -0.1) is 0 Å². The van der Waals surface area contributed by atoms with Crippen molar-refractivity contribution in [2.24, 2.45) is 0 Å². The molecule has 0 amide bonds. The number of nitrogens with zero attached hydrogens (tertiary/aromatic N) is 2. The number of carbonyl (C=O) groups excluding carboxylic acids is 2. The Balaban J connectivity index is 1.79. The van der Waals surface area contributed by atoms with E-state index >= 15 is 0 Å². The quantitative estimate of drug-likeness (QED) is 0.364. The van der Waals surface area contributed by atoms with Crippen LogP contribution in [0.5, 0.6) is 5.75 Å². The Labute approximate surface area is 197 Å². The summed E-state index contributed by atoms with van der Waals surface area (Å²) >= 11 is 0. The molecule has 172 valence electrons. The number of ether oxygens (including phenoxy) is 3. The largest absolute Gasteiger partial charge is 0.489 e. The normalized spacial score (nSPS) is 10.6. The Morgan fingerprint density at radius 3 is 2.12 bits per heavy atom. The van der Waals surface area contributed by atoms with Crippen LogP contribution in [0.1, 0.15) is 32.0 Å². The number of rotatable bonds is 7. The van der Waals surface area contributed by atoms with Crippen molar-refractivity contribution in [1.29, 1.82) is 0 Å². The standard InChI is InChI=1S/C27H24N2O5/c1-18-16-20(14-15-22(18)34-17-19-10-6-4-7-11-19)24-23(26(30)32-2)25(27(31)33-3)29(28-24)21-12-8-5-9-13-21/h4-16H,17H2,1-3H3. The van der Waals surface area contributed by atoms with Crippen LogP contribution in [0, 0.1) is 6.92 Å². The summed E-state index contributed by atoms with van der Waals surface area (Å²) in [6.45, 7) is 2.35. The van der Waals surface area contributed by atoms with Crippen LogP contribution in [0.3, 0.4) is 0 Å². The van der Waals surface area contributed by atoms with Crippen LogP contribution in [0.15, 0.2) is 78.9 Å². The van der Waals surface area contributed by atoms with Crippen LogP contribution in [-0.2, 0) is 16.1 Å². The molecule has 7 heteroatoms. The van der Waals surface area contributed by atoms with Crippen LogP contribution in [-0.4, -0.2) is 35.9 Å². The van der Waals surface area contributed by atoms with Crippen LogP contribution >= 0.6 is 0 Å². The summed E-state index contributed by atoms with van der Waals surface area (Å²) in [6.07, 6.45) is 0. The van der Waals surface area contributed by atoms with Crippen LogP contribution in [0.25, 0.3) is 16.9 Å². The zero-order chi connectivity index (χ0) is 24.1. The topological polar surface area (TPSA) is 79.7 Å². The predicted octanol–water partition coefficient (Wildman–Crippen LogP) is 5.00. The third-order valence-corrected chi connectivity index (χ3v) is 5.34. The highest BCUT2D eigenvalue weighted by Crippen LogP contribution is 2.32. The van der Waals surface area contributed by atoms with E-state index in [-0.39, 0.29) is 11.3 Å². The van der Waals surface area contributed by atoms with Crippen molar-refractivity contribution in [2.45, 2.75) is 13.5 Å². The van der Waals surface area contributed by atoms with E-state index in [1.807, 2.05) is 67.6 Å². The zero-order valence-electron chi connectivity index (χ0n) is 19.1. The molecule has 0 fully saturated rings. The molecule has 1 heterocycles. The Morgan fingerprint density at radius 2 is 1.50 bits per heavy atom. The number of hydrogen-bond acceptors (Lipinski definition) is 6. The molecule has 4 aromatic rings. The molecule has 0 atom stereocenters.